The fraction of sp³-hybridized carbons (Fsp3) is 0.133. The van der Waals surface area contributed by atoms with Crippen LogP contribution < -0.4 is 10.6 Å². The molecule has 0 atom stereocenters. The van der Waals surface area contributed by atoms with E-state index in [-0.39, 0.29) is 39.9 Å². The summed E-state index contributed by atoms with van der Waals surface area (Å²) in [4.78, 5) is 11.1. The molecule has 0 saturated heterocycles. The maximum Gasteiger partial charge on any atom is 0 e. The first-order chi connectivity index (χ1) is 20.1. The van der Waals surface area contributed by atoms with E-state index in [0.29, 0.717) is 6.42 Å². The van der Waals surface area contributed by atoms with Crippen LogP contribution in [0.5, 0.6) is 0 Å². The van der Waals surface area contributed by atoms with E-state index in [1.165, 1.54) is 10.6 Å². The monoisotopic (exact) mass is 707 g/mol. The number of rotatable bonds is 8. The average molecular weight is 707 g/mol. The Morgan fingerprint density at radius 2 is 0.930 bits per heavy atom. The van der Waals surface area contributed by atoms with Gasteiger partial charge in [0.1, 0.15) is 5.78 Å². The van der Waals surface area contributed by atoms with Crippen molar-refractivity contribution in [3.63, 3.8) is 0 Å². The van der Waals surface area contributed by atoms with Gasteiger partial charge in [0.15, 0.2) is 0 Å². The number of ketones is 1. The summed E-state index contributed by atoms with van der Waals surface area (Å²) in [6.45, 7) is 25.9. The van der Waals surface area contributed by atoms with Crippen molar-refractivity contribution in [2.75, 3.05) is 21.3 Å². The van der Waals surface area contributed by atoms with E-state index >= 15 is 0 Å². The van der Waals surface area contributed by atoms with Crippen molar-refractivity contribution in [3.05, 3.63) is 142 Å². The Morgan fingerprint density at radius 1 is 0.651 bits per heavy atom. The maximum atomic E-state index is 11.1. The summed E-state index contributed by atoms with van der Waals surface area (Å²) in [6.07, 6.45) is 2.86. The second kappa shape index (κ2) is 52.2. The summed E-state index contributed by atoms with van der Waals surface area (Å²) in [5.74, 6) is 0.0700. The molecule has 3 rings (SSSR count). The van der Waals surface area contributed by atoms with Gasteiger partial charge in [-0.25, -0.2) is 0 Å². The molecule has 0 aliphatic heterocycles. The minimum atomic E-state index is -1.05. The molecule has 0 amide bonds. The zero-order chi connectivity index (χ0) is 32.7. The number of benzene rings is 3. The fourth-order valence-corrected chi connectivity index (χ4v) is 3.77. The van der Waals surface area contributed by atoms with Crippen LogP contribution in [-0.2, 0) is 71.0 Å². The van der Waals surface area contributed by atoms with Gasteiger partial charge in [-0.3, -0.25) is 11.4 Å². The van der Waals surface area contributed by atoms with Gasteiger partial charge in [0.25, 0.3) is 0 Å². The molecule has 0 aliphatic rings. The molecule has 9 nitrogen and oxygen atoms in total. The van der Waals surface area contributed by atoms with Crippen LogP contribution in [0, 0.1) is 39.3 Å². The molecule has 0 aromatic heterocycles. The van der Waals surface area contributed by atoms with Crippen LogP contribution >= 0.6 is 17.2 Å². The number of Topliss-reactive ketones (excluding diaryl/α,β-unsaturated/α-hetero) is 1. The van der Waals surface area contributed by atoms with E-state index < -0.39 is 8.60 Å². The van der Waals surface area contributed by atoms with Gasteiger partial charge in [0.2, 0.25) is 0 Å². The number of carbonyl (C=O) groups excluding carboxylic acids is 1. The van der Waals surface area contributed by atoms with E-state index in [1.54, 1.807) is 33.5 Å². The summed E-state index contributed by atoms with van der Waals surface area (Å²) in [7, 11) is 4.34. The van der Waals surface area contributed by atoms with Gasteiger partial charge in [-0.1, -0.05) is 99.6 Å². The van der Waals surface area contributed by atoms with E-state index in [2.05, 4.69) is 120 Å². The molecular weight excluding hydrogens is 678 g/mol. The van der Waals surface area contributed by atoms with Crippen LogP contribution in [0.1, 0.15) is 16.8 Å². The number of hydrogen-bond acceptors (Lipinski definition) is 4. The Kier molecular flexibility index (Phi) is 68.4. The predicted octanol–water partition coefficient (Wildman–Crippen LogP) is 5.52. The largest absolute Gasteiger partial charge is 0.0622 e. The second-order valence-electron chi connectivity index (χ2n) is 5.84. The molecule has 43 heavy (non-hydrogen) atoms. The van der Waals surface area contributed by atoms with Gasteiger partial charge in [0.05, 0.1) is 0 Å². The van der Waals surface area contributed by atoms with Crippen LogP contribution in [0.4, 0.5) is 0 Å². The summed E-state index contributed by atoms with van der Waals surface area (Å²) >= 11 is 0. The maximum absolute atomic E-state index is 11.1. The topological polar surface area (TPSA) is 144 Å². The Balaban J connectivity index is -0.0000000791. The van der Waals surface area contributed by atoms with Gasteiger partial charge in [0, 0.05) is 61.0 Å². The van der Waals surface area contributed by atoms with Crippen LogP contribution in [0.2, 0.25) is 0 Å². The molecule has 0 radical (unpaired) electrons. The van der Waals surface area contributed by atoms with Crippen molar-refractivity contribution in [2.24, 2.45) is 0 Å². The third kappa shape index (κ3) is 37.5. The van der Waals surface area contributed by atoms with E-state index in [9.17, 15) is 4.79 Å². The van der Waals surface area contributed by atoms with E-state index in [4.69, 9.17) is 23.3 Å². The third-order valence-corrected chi connectivity index (χ3v) is 5.80. The minimum absolute atomic E-state index is 0. The quantitative estimate of drug-likeness (QED) is 0.0998. The standard InChI is InChI=1S/C12H11P.C10H9O.C3H9O3P.5CO.2Fe/c1-3-7-11(8-4-1)13-12-9-5-2-6-10-12;1-2-6-10(11)9-7-4-3-5-8-9;1-4-7(5-2)6-3;5*1-2;;/h1-10,13H;3-5,7-8H,1,6H2;1-3H3;;;;;;;/q;-1;;;;;;;;. The smallest absolute Gasteiger partial charge is 0 e. The van der Waals surface area contributed by atoms with Crippen molar-refractivity contribution >= 4 is 33.6 Å². The van der Waals surface area contributed by atoms with Crippen LogP contribution in [0.15, 0.2) is 97.6 Å². The molecule has 0 bridgehead atoms. The normalized spacial score (nSPS) is 7.21. The average Bonchev–Trinajstić information content (AvgIpc) is 3.09. The Morgan fingerprint density at radius 3 is 1.16 bits per heavy atom. The molecule has 13 heteroatoms. The van der Waals surface area contributed by atoms with Crippen molar-refractivity contribution in [3.8, 4) is 0 Å². The van der Waals surface area contributed by atoms with E-state index in [0.717, 1.165) is 14.1 Å². The fourth-order valence-electron chi connectivity index (χ4n) is 2.27. The molecule has 0 saturated carbocycles. The van der Waals surface area contributed by atoms with Crippen molar-refractivity contribution in [1.29, 1.82) is 0 Å². The van der Waals surface area contributed by atoms with Crippen molar-refractivity contribution in [1.82, 2.24) is 0 Å². The summed E-state index contributed by atoms with van der Waals surface area (Å²) in [5, 5.41) is 2.79. The Bertz CT molecular complexity index is 997. The summed E-state index contributed by atoms with van der Waals surface area (Å²) in [5.41, 5.74) is 0.726. The second-order valence-corrected chi connectivity index (χ2v) is 8.79. The molecule has 0 aliphatic carbocycles. The number of hydrogen-bond donors (Lipinski definition) is 0. The van der Waals surface area contributed by atoms with Crippen LogP contribution in [0.25, 0.3) is 0 Å². The number of allylic oxidation sites excluding steroid dienone is 1. The number of carbonyl (C=O) groups is 1. The van der Waals surface area contributed by atoms with Gasteiger partial charge < -0.3 is 19.6 Å². The van der Waals surface area contributed by atoms with Crippen molar-refractivity contribution in [2.45, 2.75) is 6.42 Å². The molecule has 0 spiro atoms. The molecular formula is C30H29Fe2O9P2-. The summed E-state index contributed by atoms with van der Waals surface area (Å²) in [6, 6.07) is 30.3. The molecule has 3 aromatic rings. The Labute approximate surface area is 278 Å². The minimum Gasteiger partial charge on any atom is -0.0622 e. The predicted molar refractivity (Wildman–Crippen MR) is 152 cm³/mol. The first-order valence-electron chi connectivity index (χ1n) is 10.5. The molecule has 3 aromatic carbocycles. The van der Waals surface area contributed by atoms with Gasteiger partial charge in [-0.05, 0) is 10.6 Å². The van der Waals surface area contributed by atoms with Crippen LogP contribution in [0.3, 0.4) is 0 Å². The SMILES string of the molecule is C=[C-]CC(=O)c1ccccc1.COP(OC)OC.[C-]#[O+].[C-]#[O+].[C-]#[O+].[C-]#[O+].[C-]#[O+].[Fe].[Fe].c1ccc(Pc2ccccc2)cc1. The van der Waals surface area contributed by atoms with Gasteiger partial charge in [-0.2, -0.15) is 0 Å². The van der Waals surface area contributed by atoms with Gasteiger partial charge >= 0.3 is 65.1 Å². The zero-order valence-electron chi connectivity index (χ0n) is 23.4. The molecule has 0 fully saturated rings. The van der Waals surface area contributed by atoms with Crippen molar-refractivity contribution < 1.29 is 75.8 Å². The first kappa shape index (κ1) is 56.3. The Hall–Kier alpha value is -2.45. The molecule has 0 heterocycles. The summed E-state index contributed by atoms with van der Waals surface area (Å²) < 4.78 is 51.5. The molecule has 230 valence electrons. The zero-order valence-corrected chi connectivity index (χ0v) is 27.5. The third-order valence-electron chi connectivity index (χ3n) is 3.66. The molecule has 0 N–H and O–H groups in total. The van der Waals surface area contributed by atoms with E-state index in [1.807, 2.05) is 18.2 Å². The first-order valence-corrected chi connectivity index (χ1v) is 12.6. The molecule has 0 unspecified atom stereocenters. The van der Waals surface area contributed by atoms with Gasteiger partial charge in [-0.15, -0.1) is 6.42 Å². The van der Waals surface area contributed by atoms with Crippen LogP contribution in [-0.4, -0.2) is 27.1 Å².